The van der Waals surface area contributed by atoms with Crippen LogP contribution >= 0.6 is 0 Å². The molecule has 0 bridgehead atoms. The summed E-state index contributed by atoms with van der Waals surface area (Å²) < 4.78 is 10.9. The van der Waals surface area contributed by atoms with Crippen molar-refractivity contribution < 1.29 is 19.1 Å². The van der Waals surface area contributed by atoms with E-state index in [9.17, 15) is 9.59 Å². The summed E-state index contributed by atoms with van der Waals surface area (Å²) in [7, 11) is 0. The zero-order valence-corrected chi connectivity index (χ0v) is 17.3. The summed E-state index contributed by atoms with van der Waals surface area (Å²) >= 11 is 0. The van der Waals surface area contributed by atoms with Gasteiger partial charge in [-0.15, -0.1) is 0 Å². The second-order valence-corrected chi connectivity index (χ2v) is 8.08. The van der Waals surface area contributed by atoms with E-state index in [0.29, 0.717) is 19.3 Å². The fourth-order valence-electron chi connectivity index (χ4n) is 3.52. The van der Waals surface area contributed by atoms with E-state index in [2.05, 4.69) is 13.8 Å². The number of esters is 2. The van der Waals surface area contributed by atoms with Gasteiger partial charge in [-0.05, 0) is 57.8 Å². The van der Waals surface area contributed by atoms with E-state index >= 15 is 0 Å². The van der Waals surface area contributed by atoms with Crippen molar-refractivity contribution in [3.63, 3.8) is 0 Å². The second-order valence-electron chi connectivity index (χ2n) is 8.08. The number of ether oxygens (including phenoxy) is 2. The maximum absolute atomic E-state index is 11.9. The molecule has 0 saturated heterocycles. The normalized spacial score (nSPS) is 21.2. The van der Waals surface area contributed by atoms with Gasteiger partial charge in [-0.1, -0.05) is 46.0 Å². The molecule has 0 aromatic rings. The maximum atomic E-state index is 11.9. The van der Waals surface area contributed by atoms with Crippen LogP contribution in [0.15, 0.2) is 0 Å². The zero-order valence-electron chi connectivity index (χ0n) is 17.3. The molecular weight excluding hydrogens is 328 g/mol. The monoisotopic (exact) mass is 368 g/mol. The minimum Gasteiger partial charge on any atom is -0.463 e. The number of unbranched alkanes of at least 4 members (excludes halogenated alkanes) is 5. The lowest BCUT2D eigenvalue weighted by atomic mass is 9.89. The fourth-order valence-corrected chi connectivity index (χ4v) is 3.52. The third kappa shape index (κ3) is 11.5. The Morgan fingerprint density at radius 3 is 2.19 bits per heavy atom. The summed E-state index contributed by atoms with van der Waals surface area (Å²) in [4.78, 5) is 23.7. The van der Waals surface area contributed by atoms with E-state index in [1.807, 2.05) is 6.92 Å². The minimum atomic E-state index is -0.192. The Kier molecular flexibility index (Phi) is 12.4. The Bertz CT molecular complexity index is 386. The molecule has 0 N–H and O–H groups in total. The molecule has 0 spiro atoms. The summed E-state index contributed by atoms with van der Waals surface area (Å²) in [5, 5.41) is 0. The standard InChI is InChI=1S/C22H40O4/c1-4-5-6-7-8-9-11-19(3)25-21(23)12-10-13-22(24)26-20-16-14-18(2)15-17-20/h18-20H,4-17H2,1-3H3. The molecule has 1 saturated carbocycles. The van der Waals surface area contributed by atoms with Crippen LogP contribution in [0.25, 0.3) is 0 Å². The molecule has 1 aliphatic carbocycles. The van der Waals surface area contributed by atoms with Crippen LogP contribution in [0.4, 0.5) is 0 Å². The highest BCUT2D eigenvalue weighted by Gasteiger charge is 2.21. The zero-order chi connectivity index (χ0) is 19.2. The van der Waals surface area contributed by atoms with Crippen molar-refractivity contribution in [1.29, 1.82) is 0 Å². The van der Waals surface area contributed by atoms with Gasteiger partial charge in [-0.3, -0.25) is 9.59 Å². The van der Waals surface area contributed by atoms with E-state index < -0.39 is 0 Å². The number of carbonyl (C=O) groups excluding carboxylic acids is 2. The smallest absolute Gasteiger partial charge is 0.306 e. The Hall–Kier alpha value is -1.06. The van der Waals surface area contributed by atoms with Crippen LogP contribution < -0.4 is 0 Å². The molecule has 0 aromatic carbocycles. The summed E-state index contributed by atoms with van der Waals surface area (Å²) in [5.74, 6) is 0.387. The molecule has 1 rings (SSSR count). The van der Waals surface area contributed by atoms with Crippen LogP contribution in [-0.2, 0) is 19.1 Å². The van der Waals surface area contributed by atoms with Crippen LogP contribution in [0.2, 0.25) is 0 Å². The third-order valence-corrected chi connectivity index (χ3v) is 5.32. The predicted molar refractivity (Wildman–Crippen MR) is 105 cm³/mol. The van der Waals surface area contributed by atoms with Gasteiger partial charge in [0, 0.05) is 12.8 Å². The quantitative estimate of drug-likeness (QED) is 0.297. The minimum absolute atomic E-state index is 0.0233. The van der Waals surface area contributed by atoms with E-state index in [0.717, 1.165) is 44.4 Å². The summed E-state index contributed by atoms with van der Waals surface area (Å²) in [6.07, 6.45) is 13.9. The van der Waals surface area contributed by atoms with Gasteiger partial charge in [0.1, 0.15) is 6.10 Å². The first kappa shape index (κ1) is 23.0. The van der Waals surface area contributed by atoms with Gasteiger partial charge < -0.3 is 9.47 Å². The molecule has 152 valence electrons. The number of hydrogen-bond acceptors (Lipinski definition) is 4. The van der Waals surface area contributed by atoms with Crippen molar-refractivity contribution in [1.82, 2.24) is 0 Å². The van der Waals surface area contributed by atoms with Gasteiger partial charge in [0.15, 0.2) is 0 Å². The molecule has 1 unspecified atom stereocenters. The third-order valence-electron chi connectivity index (χ3n) is 5.32. The largest absolute Gasteiger partial charge is 0.463 e. The summed E-state index contributed by atoms with van der Waals surface area (Å²) in [5.41, 5.74) is 0. The Morgan fingerprint density at radius 2 is 1.50 bits per heavy atom. The van der Waals surface area contributed by atoms with Crippen LogP contribution in [0, 0.1) is 5.92 Å². The van der Waals surface area contributed by atoms with Crippen LogP contribution in [0.1, 0.15) is 111 Å². The molecule has 0 aliphatic heterocycles. The van der Waals surface area contributed by atoms with Gasteiger partial charge in [-0.25, -0.2) is 0 Å². The van der Waals surface area contributed by atoms with Crippen LogP contribution in [0.3, 0.4) is 0 Å². The summed E-state index contributed by atoms with van der Waals surface area (Å²) in [6.45, 7) is 6.43. The van der Waals surface area contributed by atoms with Crippen molar-refractivity contribution in [2.45, 2.75) is 123 Å². The predicted octanol–water partition coefficient (Wildman–Crippen LogP) is 5.96. The van der Waals surface area contributed by atoms with Crippen LogP contribution in [0.5, 0.6) is 0 Å². The first-order valence-electron chi connectivity index (χ1n) is 10.9. The molecule has 0 radical (unpaired) electrons. The van der Waals surface area contributed by atoms with Crippen molar-refractivity contribution >= 4 is 11.9 Å². The van der Waals surface area contributed by atoms with Gasteiger partial charge in [0.05, 0.1) is 6.10 Å². The van der Waals surface area contributed by atoms with Crippen molar-refractivity contribution in [2.75, 3.05) is 0 Å². The average molecular weight is 369 g/mol. The number of rotatable bonds is 13. The Balaban J connectivity index is 2.00. The van der Waals surface area contributed by atoms with E-state index in [1.165, 1.54) is 32.1 Å². The number of hydrogen-bond donors (Lipinski definition) is 0. The van der Waals surface area contributed by atoms with Gasteiger partial charge in [0.2, 0.25) is 0 Å². The average Bonchev–Trinajstić information content (AvgIpc) is 2.60. The Labute approximate surface area is 160 Å². The van der Waals surface area contributed by atoms with E-state index in [1.54, 1.807) is 0 Å². The second kappa shape index (κ2) is 14.1. The Morgan fingerprint density at radius 1 is 0.885 bits per heavy atom. The molecular formula is C22H40O4. The SMILES string of the molecule is CCCCCCCCC(C)OC(=O)CCCC(=O)OC1CCC(C)CC1. The molecule has 0 aromatic heterocycles. The van der Waals surface area contributed by atoms with E-state index in [-0.39, 0.29) is 24.1 Å². The van der Waals surface area contributed by atoms with Gasteiger partial charge in [0.25, 0.3) is 0 Å². The molecule has 1 fully saturated rings. The lowest BCUT2D eigenvalue weighted by Crippen LogP contribution is -2.23. The molecule has 1 aliphatic rings. The van der Waals surface area contributed by atoms with Gasteiger partial charge in [-0.2, -0.15) is 0 Å². The highest BCUT2D eigenvalue weighted by Crippen LogP contribution is 2.25. The van der Waals surface area contributed by atoms with Crippen LogP contribution in [-0.4, -0.2) is 24.1 Å². The first-order valence-corrected chi connectivity index (χ1v) is 10.9. The highest BCUT2D eigenvalue weighted by atomic mass is 16.5. The van der Waals surface area contributed by atoms with Crippen molar-refractivity contribution in [3.8, 4) is 0 Å². The molecule has 26 heavy (non-hydrogen) atoms. The molecule has 4 nitrogen and oxygen atoms in total. The molecule has 0 heterocycles. The summed E-state index contributed by atoms with van der Waals surface area (Å²) in [6, 6.07) is 0. The van der Waals surface area contributed by atoms with E-state index in [4.69, 9.17) is 9.47 Å². The topological polar surface area (TPSA) is 52.6 Å². The highest BCUT2D eigenvalue weighted by molar-refractivity contribution is 5.72. The van der Waals surface area contributed by atoms with Crippen molar-refractivity contribution in [2.24, 2.45) is 5.92 Å². The van der Waals surface area contributed by atoms with Gasteiger partial charge >= 0.3 is 11.9 Å². The lowest BCUT2D eigenvalue weighted by molar-refractivity contribution is -0.152. The first-order chi connectivity index (χ1) is 12.5. The molecule has 4 heteroatoms. The van der Waals surface area contributed by atoms with Crippen molar-refractivity contribution in [3.05, 3.63) is 0 Å². The fraction of sp³-hybridized carbons (Fsp3) is 0.909. The maximum Gasteiger partial charge on any atom is 0.306 e. The number of carbonyl (C=O) groups is 2. The lowest BCUT2D eigenvalue weighted by Gasteiger charge is -2.25. The molecule has 0 amide bonds. The molecule has 1 atom stereocenters.